The average molecular weight is 261 g/mol. The van der Waals surface area contributed by atoms with Crippen LogP contribution in [0, 0.1) is 6.92 Å². The lowest BCUT2D eigenvalue weighted by Crippen LogP contribution is -2.06. The van der Waals surface area contributed by atoms with Gasteiger partial charge in [-0.25, -0.2) is 4.98 Å². The molecule has 0 fully saturated rings. The van der Waals surface area contributed by atoms with Gasteiger partial charge in [0.15, 0.2) is 0 Å². The zero-order valence-electron chi connectivity index (χ0n) is 11.9. The number of ether oxygens (including phenoxy) is 1. The van der Waals surface area contributed by atoms with E-state index in [4.69, 9.17) is 10.5 Å². The van der Waals surface area contributed by atoms with Gasteiger partial charge < -0.3 is 15.0 Å². The van der Waals surface area contributed by atoms with Crippen molar-refractivity contribution in [3.05, 3.63) is 23.8 Å². The molecular weight excluding hydrogens is 238 g/mol. The van der Waals surface area contributed by atoms with Crippen LogP contribution in [0.1, 0.15) is 31.7 Å². The van der Waals surface area contributed by atoms with E-state index in [0.29, 0.717) is 5.95 Å². The van der Waals surface area contributed by atoms with Crippen molar-refractivity contribution < 1.29 is 4.74 Å². The van der Waals surface area contributed by atoms with E-state index in [9.17, 15) is 0 Å². The Morgan fingerprint density at radius 1 is 1.26 bits per heavy atom. The Morgan fingerprint density at radius 2 is 2.05 bits per heavy atom. The second-order valence-electron chi connectivity index (χ2n) is 4.88. The van der Waals surface area contributed by atoms with E-state index in [0.717, 1.165) is 43.6 Å². The van der Waals surface area contributed by atoms with E-state index in [1.54, 1.807) is 0 Å². The molecule has 0 unspecified atom stereocenters. The summed E-state index contributed by atoms with van der Waals surface area (Å²) >= 11 is 0. The van der Waals surface area contributed by atoms with Crippen molar-refractivity contribution in [1.82, 2.24) is 9.55 Å². The molecule has 2 rings (SSSR count). The van der Waals surface area contributed by atoms with Crippen LogP contribution in [0.25, 0.3) is 11.0 Å². The molecule has 0 amide bonds. The molecule has 1 aromatic heterocycles. The predicted molar refractivity (Wildman–Crippen MR) is 79.2 cm³/mol. The number of anilines is 1. The molecule has 0 saturated carbocycles. The Labute approximate surface area is 114 Å². The van der Waals surface area contributed by atoms with Gasteiger partial charge in [0, 0.05) is 19.8 Å². The van der Waals surface area contributed by atoms with Gasteiger partial charge in [-0.15, -0.1) is 0 Å². The standard InChI is InChI=1S/C15H23N3O/c1-3-4-10-19-11-6-9-18-13-8-5-7-12(2)14(13)17-15(18)16/h5,7-8H,3-4,6,9-11H2,1-2H3,(H2,16,17). The van der Waals surface area contributed by atoms with Gasteiger partial charge >= 0.3 is 0 Å². The number of imidazole rings is 1. The molecule has 19 heavy (non-hydrogen) atoms. The summed E-state index contributed by atoms with van der Waals surface area (Å²) in [5.41, 5.74) is 9.29. The number of hydrogen-bond acceptors (Lipinski definition) is 3. The summed E-state index contributed by atoms with van der Waals surface area (Å²) in [5.74, 6) is 0.595. The van der Waals surface area contributed by atoms with E-state index in [1.807, 2.05) is 6.07 Å². The molecule has 0 spiro atoms. The number of hydrogen-bond donors (Lipinski definition) is 1. The van der Waals surface area contributed by atoms with Crippen molar-refractivity contribution in [3.63, 3.8) is 0 Å². The fraction of sp³-hybridized carbons (Fsp3) is 0.533. The van der Waals surface area contributed by atoms with Gasteiger partial charge in [-0.3, -0.25) is 0 Å². The largest absolute Gasteiger partial charge is 0.381 e. The van der Waals surface area contributed by atoms with Crippen LogP contribution < -0.4 is 5.73 Å². The second kappa shape index (κ2) is 6.57. The van der Waals surface area contributed by atoms with Crippen LogP contribution in [0.4, 0.5) is 5.95 Å². The Balaban J connectivity index is 1.97. The summed E-state index contributed by atoms with van der Waals surface area (Å²) < 4.78 is 7.65. The maximum Gasteiger partial charge on any atom is 0.201 e. The zero-order chi connectivity index (χ0) is 13.7. The van der Waals surface area contributed by atoms with E-state index in [1.165, 1.54) is 12.0 Å². The van der Waals surface area contributed by atoms with E-state index in [-0.39, 0.29) is 0 Å². The fourth-order valence-corrected chi connectivity index (χ4v) is 2.21. The number of aryl methyl sites for hydroxylation is 2. The molecule has 4 nitrogen and oxygen atoms in total. The number of unbranched alkanes of at least 4 members (excludes halogenated alkanes) is 1. The van der Waals surface area contributed by atoms with Gasteiger partial charge in [-0.2, -0.15) is 0 Å². The summed E-state index contributed by atoms with van der Waals surface area (Å²) in [7, 11) is 0. The molecule has 0 bridgehead atoms. The number of para-hydroxylation sites is 1. The lowest BCUT2D eigenvalue weighted by Gasteiger charge is -2.07. The maximum absolute atomic E-state index is 6.00. The molecule has 1 aromatic carbocycles. The van der Waals surface area contributed by atoms with Crippen molar-refractivity contribution >= 4 is 17.0 Å². The van der Waals surface area contributed by atoms with E-state index >= 15 is 0 Å². The van der Waals surface area contributed by atoms with Crippen LogP contribution >= 0.6 is 0 Å². The Hall–Kier alpha value is -1.55. The molecule has 0 radical (unpaired) electrons. The second-order valence-corrected chi connectivity index (χ2v) is 4.88. The van der Waals surface area contributed by atoms with Crippen LogP contribution in [0.2, 0.25) is 0 Å². The van der Waals surface area contributed by atoms with Crippen LogP contribution in [0.15, 0.2) is 18.2 Å². The first-order valence-corrected chi connectivity index (χ1v) is 7.03. The van der Waals surface area contributed by atoms with Crippen molar-refractivity contribution in [3.8, 4) is 0 Å². The number of rotatable bonds is 7. The molecule has 2 N–H and O–H groups in total. The summed E-state index contributed by atoms with van der Waals surface area (Å²) in [6, 6.07) is 6.18. The van der Waals surface area contributed by atoms with Gasteiger partial charge in [0.2, 0.25) is 5.95 Å². The first-order valence-electron chi connectivity index (χ1n) is 7.03. The van der Waals surface area contributed by atoms with Crippen molar-refractivity contribution in [2.24, 2.45) is 0 Å². The van der Waals surface area contributed by atoms with Crippen molar-refractivity contribution in [1.29, 1.82) is 0 Å². The molecule has 0 aliphatic carbocycles. The molecular formula is C15H23N3O. The van der Waals surface area contributed by atoms with Gasteiger partial charge in [0.25, 0.3) is 0 Å². The molecule has 4 heteroatoms. The fourth-order valence-electron chi connectivity index (χ4n) is 2.21. The number of aromatic nitrogens is 2. The number of fused-ring (bicyclic) bond motifs is 1. The van der Waals surface area contributed by atoms with Gasteiger partial charge in [0.1, 0.15) is 0 Å². The summed E-state index contributed by atoms with van der Waals surface area (Å²) in [5, 5.41) is 0. The third-order valence-electron chi connectivity index (χ3n) is 3.32. The highest BCUT2D eigenvalue weighted by molar-refractivity contribution is 5.81. The molecule has 0 saturated heterocycles. The Morgan fingerprint density at radius 3 is 2.84 bits per heavy atom. The maximum atomic E-state index is 6.00. The first kappa shape index (κ1) is 13.9. The number of nitrogens with two attached hydrogens (primary N) is 1. The van der Waals surface area contributed by atoms with Crippen molar-refractivity contribution in [2.45, 2.75) is 39.7 Å². The first-order chi connectivity index (χ1) is 9.24. The normalized spacial score (nSPS) is 11.3. The van der Waals surface area contributed by atoms with Gasteiger partial charge in [0.05, 0.1) is 11.0 Å². The molecule has 2 aromatic rings. The highest BCUT2D eigenvalue weighted by Crippen LogP contribution is 2.21. The molecule has 0 aliphatic heterocycles. The topological polar surface area (TPSA) is 53.1 Å². The SMILES string of the molecule is CCCCOCCCn1c(N)nc2c(C)cccc21. The zero-order valence-corrected chi connectivity index (χ0v) is 11.9. The lowest BCUT2D eigenvalue weighted by molar-refractivity contribution is 0.126. The van der Waals surface area contributed by atoms with Crippen LogP contribution in [0.3, 0.4) is 0 Å². The van der Waals surface area contributed by atoms with Crippen molar-refractivity contribution in [2.75, 3.05) is 18.9 Å². The Kier molecular flexibility index (Phi) is 4.80. The minimum Gasteiger partial charge on any atom is -0.381 e. The smallest absolute Gasteiger partial charge is 0.201 e. The lowest BCUT2D eigenvalue weighted by atomic mass is 10.2. The van der Waals surface area contributed by atoms with E-state index in [2.05, 4.69) is 35.5 Å². The number of nitrogens with zero attached hydrogens (tertiary/aromatic N) is 2. The van der Waals surface area contributed by atoms with E-state index < -0.39 is 0 Å². The number of nitrogen functional groups attached to an aromatic ring is 1. The summed E-state index contributed by atoms with van der Waals surface area (Å²) in [6.45, 7) is 6.73. The summed E-state index contributed by atoms with van der Waals surface area (Å²) in [6.07, 6.45) is 3.28. The molecule has 0 atom stereocenters. The highest BCUT2D eigenvalue weighted by atomic mass is 16.5. The minimum atomic E-state index is 0.595. The third kappa shape index (κ3) is 3.26. The summed E-state index contributed by atoms with van der Waals surface area (Å²) in [4.78, 5) is 4.44. The van der Waals surface area contributed by atoms with Gasteiger partial charge in [-0.1, -0.05) is 25.5 Å². The number of benzene rings is 1. The molecule has 1 heterocycles. The average Bonchev–Trinajstić information content (AvgIpc) is 2.72. The third-order valence-corrected chi connectivity index (χ3v) is 3.32. The van der Waals surface area contributed by atoms with Gasteiger partial charge in [-0.05, 0) is 31.4 Å². The monoisotopic (exact) mass is 261 g/mol. The Bertz CT molecular complexity index is 533. The minimum absolute atomic E-state index is 0.595. The molecule has 104 valence electrons. The molecule has 0 aliphatic rings. The quantitative estimate of drug-likeness (QED) is 0.779. The van der Waals surface area contributed by atoms with Crippen LogP contribution in [-0.4, -0.2) is 22.8 Å². The van der Waals surface area contributed by atoms with Crippen LogP contribution in [0.5, 0.6) is 0 Å². The predicted octanol–water partition coefficient (Wildman–Crippen LogP) is 3.13. The van der Waals surface area contributed by atoms with Crippen LogP contribution in [-0.2, 0) is 11.3 Å². The highest BCUT2D eigenvalue weighted by Gasteiger charge is 2.08.